The van der Waals surface area contributed by atoms with Gasteiger partial charge >= 0.3 is 11.9 Å². The number of hydroxylamine groups is 1. The van der Waals surface area contributed by atoms with Crippen LogP contribution in [0.5, 0.6) is 0 Å². The van der Waals surface area contributed by atoms with E-state index < -0.39 is 21.9 Å². The van der Waals surface area contributed by atoms with E-state index in [2.05, 4.69) is 4.98 Å². The molecule has 0 fully saturated rings. The number of benzene rings is 1. The molecule has 1 aromatic carbocycles. The number of sulfonamides is 1. The Labute approximate surface area is 181 Å². The summed E-state index contributed by atoms with van der Waals surface area (Å²) in [5.41, 5.74) is 0.215. The number of rotatable bonds is 6. The molecule has 9 nitrogen and oxygen atoms in total. The number of hydrogen-bond acceptors (Lipinski definition) is 7. The second kappa shape index (κ2) is 9.27. The highest BCUT2D eigenvalue weighted by atomic mass is 32.2. The highest BCUT2D eigenvalue weighted by Gasteiger charge is 2.36. The van der Waals surface area contributed by atoms with Gasteiger partial charge in [-0.1, -0.05) is 24.3 Å². The van der Waals surface area contributed by atoms with Gasteiger partial charge in [0.25, 0.3) is 10.0 Å². The standard InChI is InChI=1S/C21H24N4O5S/c1-23(2)14-8-12-20(26)30-25(19-11-6-7-13-22-19)21(27)17-15-16-9-4-5-10-18(16)31(28,29)24(17)3/h4-7,9-11,13,15H,8,12,14H2,1-3H3. The highest BCUT2D eigenvalue weighted by molar-refractivity contribution is 7.89. The summed E-state index contributed by atoms with van der Waals surface area (Å²) >= 11 is 0. The maximum Gasteiger partial charge on any atom is 0.333 e. The van der Waals surface area contributed by atoms with Crippen molar-refractivity contribution < 1.29 is 22.8 Å². The number of pyridine rings is 1. The van der Waals surface area contributed by atoms with Crippen LogP contribution in [0.4, 0.5) is 5.82 Å². The minimum absolute atomic E-state index is 0.0685. The van der Waals surface area contributed by atoms with Crippen molar-refractivity contribution in [3.63, 3.8) is 0 Å². The summed E-state index contributed by atoms with van der Waals surface area (Å²) in [6, 6.07) is 11.1. The van der Waals surface area contributed by atoms with Crippen molar-refractivity contribution in [3.8, 4) is 0 Å². The minimum atomic E-state index is -3.93. The molecule has 2 aromatic rings. The zero-order valence-corrected chi connectivity index (χ0v) is 18.4. The van der Waals surface area contributed by atoms with Crippen molar-refractivity contribution in [2.24, 2.45) is 0 Å². The predicted octanol–water partition coefficient (Wildman–Crippen LogP) is 1.89. The van der Waals surface area contributed by atoms with Crippen LogP contribution in [-0.2, 0) is 24.4 Å². The Kier molecular flexibility index (Phi) is 6.71. The smallest absolute Gasteiger partial charge is 0.331 e. The molecule has 0 N–H and O–H groups in total. The lowest BCUT2D eigenvalue weighted by atomic mass is 10.2. The van der Waals surface area contributed by atoms with E-state index in [-0.39, 0.29) is 22.8 Å². The van der Waals surface area contributed by atoms with E-state index in [0.717, 1.165) is 9.37 Å². The van der Waals surface area contributed by atoms with E-state index in [1.54, 1.807) is 30.3 Å². The number of fused-ring (bicyclic) bond motifs is 1. The summed E-state index contributed by atoms with van der Waals surface area (Å²) in [5, 5.41) is 0.740. The molecule has 1 aromatic heterocycles. The Morgan fingerprint density at radius 2 is 1.81 bits per heavy atom. The van der Waals surface area contributed by atoms with Crippen molar-refractivity contribution >= 4 is 33.8 Å². The first-order chi connectivity index (χ1) is 14.7. The van der Waals surface area contributed by atoms with E-state index in [1.165, 1.54) is 31.5 Å². The van der Waals surface area contributed by atoms with Gasteiger partial charge in [-0.25, -0.2) is 18.2 Å². The molecule has 1 aliphatic heterocycles. The predicted molar refractivity (Wildman–Crippen MR) is 115 cm³/mol. The van der Waals surface area contributed by atoms with Gasteiger partial charge in [-0.05, 0) is 56.9 Å². The topological polar surface area (TPSA) is 100 Å². The molecule has 0 radical (unpaired) electrons. The summed E-state index contributed by atoms with van der Waals surface area (Å²) < 4.78 is 26.7. The van der Waals surface area contributed by atoms with Gasteiger partial charge in [-0.3, -0.25) is 9.10 Å². The van der Waals surface area contributed by atoms with Crippen LogP contribution in [-0.4, -0.2) is 62.2 Å². The quantitative estimate of drug-likeness (QED) is 0.627. The summed E-state index contributed by atoms with van der Waals surface area (Å²) in [7, 11) is 1.13. The van der Waals surface area contributed by atoms with Gasteiger partial charge in [-0.2, -0.15) is 0 Å². The first-order valence-corrected chi connectivity index (χ1v) is 11.1. The molecule has 1 amide bonds. The fourth-order valence-electron chi connectivity index (χ4n) is 3.00. The van der Waals surface area contributed by atoms with Crippen LogP contribution < -0.4 is 5.06 Å². The number of likely N-dealkylation sites (N-methyl/N-ethyl adjacent to an activating group) is 1. The van der Waals surface area contributed by atoms with Crippen LogP contribution in [0.15, 0.2) is 59.3 Å². The van der Waals surface area contributed by atoms with Crippen LogP contribution in [0.25, 0.3) is 6.08 Å². The molecular formula is C21H24N4O5S. The molecule has 31 heavy (non-hydrogen) atoms. The zero-order chi connectivity index (χ0) is 22.6. The molecule has 0 unspecified atom stereocenters. The molecule has 0 atom stereocenters. The van der Waals surface area contributed by atoms with Crippen molar-refractivity contribution in [1.82, 2.24) is 14.2 Å². The number of aromatic nitrogens is 1. The van der Waals surface area contributed by atoms with Crippen LogP contribution in [0.2, 0.25) is 0 Å². The van der Waals surface area contributed by atoms with E-state index >= 15 is 0 Å². The van der Waals surface area contributed by atoms with Gasteiger partial charge in [0.2, 0.25) is 0 Å². The van der Waals surface area contributed by atoms with E-state index in [0.29, 0.717) is 18.5 Å². The lowest BCUT2D eigenvalue weighted by molar-refractivity contribution is -0.150. The molecule has 0 saturated heterocycles. The maximum atomic E-state index is 13.4. The first-order valence-electron chi connectivity index (χ1n) is 9.62. The first kappa shape index (κ1) is 22.4. The van der Waals surface area contributed by atoms with Crippen molar-refractivity contribution in [1.29, 1.82) is 0 Å². The van der Waals surface area contributed by atoms with Crippen molar-refractivity contribution in [3.05, 3.63) is 59.9 Å². The Hall–Kier alpha value is -3.24. The lowest BCUT2D eigenvalue weighted by Gasteiger charge is -2.29. The molecule has 2 heterocycles. The molecule has 0 bridgehead atoms. The van der Waals surface area contributed by atoms with E-state index in [4.69, 9.17) is 4.84 Å². The van der Waals surface area contributed by atoms with Crippen LogP contribution in [0, 0.1) is 0 Å². The van der Waals surface area contributed by atoms with Gasteiger partial charge in [0.15, 0.2) is 5.82 Å². The number of carbonyl (C=O) groups is 2. The minimum Gasteiger partial charge on any atom is -0.331 e. The number of hydrogen-bond donors (Lipinski definition) is 0. The van der Waals surface area contributed by atoms with Crippen molar-refractivity contribution in [2.75, 3.05) is 32.8 Å². The fourth-order valence-corrected chi connectivity index (χ4v) is 4.36. The zero-order valence-electron chi connectivity index (χ0n) is 17.6. The normalized spacial score (nSPS) is 14.6. The van der Waals surface area contributed by atoms with Crippen molar-refractivity contribution in [2.45, 2.75) is 17.7 Å². The Morgan fingerprint density at radius 1 is 1.10 bits per heavy atom. The monoisotopic (exact) mass is 444 g/mol. The highest BCUT2D eigenvalue weighted by Crippen LogP contribution is 2.31. The molecule has 164 valence electrons. The summed E-state index contributed by atoms with van der Waals surface area (Å²) in [6.45, 7) is 0.676. The number of carbonyl (C=O) groups excluding carboxylic acids is 2. The van der Waals surface area contributed by atoms with E-state index in [1.807, 2.05) is 19.0 Å². The molecule has 0 saturated carbocycles. The molecule has 1 aliphatic rings. The molecule has 0 spiro atoms. The average Bonchev–Trinajstić information content (AvgIpc) is 2.74. The van der Waals surface area contributed by atoms with Crippen LogP contribution >= 0.6 is 0 Å². The summed E-state index contributed by atoms with van der Waals surface area (Å²) in [6.07, 6.45) is 3.53. The molecular weight excluding hydrogens is 420 g/mol. The lowest BCUT2D eigenvalue weighted by Crippen LogP contribution is -2.42. The van der Waals surface area contributed by atoms with Crippen LogP contribution in [0.3, 0.4) is 0 Å². The molecule has 3 rings (SSSR count). The Balaban J connectivity index is 1.93. The van der Waals surface area contributed by atoms with Gasteiger partial charge < -0.3 is 9.74 Å². The second-order valence-corrected chi connectivity index (χ2v) is 9.14. The maximum absolute atomic E-state index is 13.4. The Morgan fingerprint density at radius 3 is 2.48 bits per heavy atom. The molecule has 10 heteroatoms. The Bertz CT molecular complexity index is 1100. The van der Waals surface area contributed by atoms with Gasteiger partial charge in [0, 0.05) is 19.7 Å². The number of anilines is 1. The van der Waals surface area contributed by atoms with Gasteiger partial charge in [0.05, 0.1) is 4.90 Å². The number of nitrogens with zero attached hydrogens (tertiary/aromatic N) is 4. The summed E-state index contributed by atoms with van der Waals surface area (Å²) in [4.78, 5) is 37.2. The molecule has 0 aliphatic carbocycles. The van der Waals surface area contributed by atoms with E-state index in [9.17, 15) is 18.0 Å². The van der Waals surface area contributed by atoms with Crippen LogP contribution in [0.1, 0.15) is 18.4 Å². The number of amides is 1. The van der Waals surface area contributed by atoms with Gasteiger partial charge in [0.1, 0.15) is 5.70 Å². The third kappa shape index (κ3) is 4.92. The third-order valence-electron chi connectivity index (χ3n) is 4.63. The SMILES string of the molecule is CN(C)CCCC(=O)ON(C(=O)C1=Cc2ccccc2S(=O)(=O)N1C)c1ccccn1. The summed E-state index contributed by atoms with van der Waals surface area (Å²) in [5.74, 6) is -1.37. The second-order valence-electron chi connectivity index (χ2n) is 7.20. The largest absolute Gasteiger partial charge is 0.333 e. The third-order valence-corrected chi connectivity index (χ3v) is 6.47. The average molecular weight is 445 g/mol. The fraction of sp³-hybridized carbons (Fsp3) is 0.286. The van der Waals surface area contributed by atoms with Gasteiger partial charge in [-0.15, -0.1) is 5.06 Å².